The average molecular weight is 443 g/mol. The molecule has 3 aromatic carbocycles. The molecule has 0 aliphatic carbocycles. The SMILES string of the molecule is COC(=O)C(CSCc1ccc(-c2ccc(-n3ccc4ccccc43)cc2)cc1)N=C=O. The van der Waals surface area contributed by atoms with E-state index in [2.05, 4.69) is 99.4 Å². The minimum absolute atomic E-state index is 0.374. The summed E-state index contributed by atoms with van der Waals surface area (Å²) in [6, 6.07) is 26.5. The van der Waals surface area contributed by atoms with Crippen molar-refractivity contribution >= 4 is 34.7 Å². The molecule has 4 aromatic rings. The number of rotatable bonds is 8. The first-order valence-electron chi connectivity index (χ1n) is 10.2. The number of hydrogen-bond donors (Lipinski definition) is 0. The lowest BCUT2D eigenvalue weighted by atomic mass is 10.0. The van der Waals surface area contributed by atoms with E-state index in [1.807, 2.05) is 0 Å². The van der Waals surface area contributed by atoms with Gasteiger partial charge in [-0.05, 0) is 46.3 Å². The molecule has 0 aliphatic heterocycles. The van der Waals surface area contributed by atoms with Crippen LogP contribution in [0.1, 0.15) is 5.56 Å². The van der Waals surface area contributed by atoms with Crippen molar-refractivity contribution in [2.45, 2.75) is 11.8 Å². The molecule has 0 radical (unpaired) electrons. The number of fused-ring (bicyclic) bond motifs is 1. The third-order valence-corrected chi connectivity index (χ3v) is 6.35. The van der Waals surface area contributed by atoms with Crippen molar-refractivity contribution in [3.63, 3.8) is 0 Å². The zero-order valence-electron chi connectivity index (χ0n) is 17.6. The molecule has 0 aliphatic rings. The van der Waals surface area contributed by atoms with E-state index in [1.165, 1.54) is 35.9 Å². The number of nitrogens with zero attached hydrogens (tertiary/aromatic N) is 2. The van der Waals surface area contributed by atoms with Gasteiger partial charge in [0.15, 0.2) is 6.04 Å². The quantitative estimate of drug-likeness (QED) is 0.208. The number of isocyanates is 1. The average Bonchev–Trinajstić information content (AvgIpc) is 3.28. The molecule has 1 atom stereocenters. The fourth-order valence-electron chi connectivity index (χ4n) is 3.56. The van der Waals surface area contributed by atoms with E-state index >= 15 is 0 Å². The van der Waals surface area contributed by atoms with Crippen molar-refractivity contribution in [2.75, 3.05) is 12.9 Å². The minimum Gasteiger partial charge on any atom is -0.467 e. The summed E-state index contributed by atoms with van der Waals surface area (Å²) in [5, 5.41) is 1.22. The van der Waals surface area contributed by atoms with E-state index in [0.29, 0.717) is 11.5 Å². The van der Waals surface area contributed by atoms with Gasteiger partial charge >= 0.3 is 5.97 Å². The van der Waals surface area contributed by atoms with Crippen molar-refractivity contribution in [3.8, 4) is 16.8 Å². The summed E-state index contributed by atoms with van der Waals surface area (Å²) in [4.78, 5) is 25.6. The van der Waals surface area contributed by atoms with E-state index in [9.17, 15) is 9.59 Å². The van der Waals surface area contributed by atoms with Gasteiger partial charge in [0, 0.05) is 23.4 Å². The lowest BCUT2D eigenvalue weighted by molar-refractivity contribution is -0.141. The van der Waals surface area contributed by atoms with Crippen LogP contribution in [0.5, 0.6) is 0 Å². The predicted octanol–water partition coefficient (Wildman–Crippen LogP) is 5.41. The van der Waals surface area contributed by atoms with Crippen molar-refractivity contribution in [3.05, 3.63) is 90.6 Å². The first-order chi connectivity index (χ1) is 15.7. The number of carbonyl (C=O) groups is 1. The van der Waals surface area contributed by atoms with Crippen molar-refractivity contribution in [2.24, 2.45) is 4.99 Å². The molecular weight excluding hydrogens is 420 g/mol. The Labute approximate surface area is 190 Å². The molecule has 1 unspecified atom stereocenters. The molecule has 0 spiro atoms. The highest BCUT2D eigenvalue weighted by Crippen LogP contribution is 2.25. The second-order valence-corrected chi connectivity index (χ2v) is 8.29. The summed E-state index contributed by atoms with van der Waals surface area (Å²) in [7, 11) is 1.28. The van der Waals surface area contributed by atoms with E-state index in [1.54, 1.807) is 0 Å². The van der Waals surface area contributed by atoms with Gasteiger partial charge in [-0.2, -0.15) is 16.8 Å². The van der Waals surface area contributed by atoms with Gasteiger partial charge < -0.3 is 9.30 Å². The smallest absolute Gasteiger partial charge is 0.332 e. The van der Waals surface area contributed by atoms with Crippen LogP contribution in [0.25, 0.3) is 27.7 Å². The number of ether oxygens (including phenoxy) is 1. The number of thioether (sulfide) groups is 1. The fraction of sp³-hybridized carbons (Fsp3) is 0.154. The molecule has 32 heavy (non-hydrogen) atoms. The Bertz CT molecular complexity index is 1260. The number of carbonyl (C=O) groups excluding carboxylic acids is 2. The third-order valence-electron chi connectivity index (χ3n) is 5.26. The maximum absolute atomic E-state index is 11.6. The molecular formula is C26H22N2O3S. The lowest BCUT2D eigenvalue weighted by Gasteiger charge is -2.09. The highest BCUT2D eigenvalue weighted by molar-refractivity contribution is 7.98. The molecule has 0 saturated carbocycles. The van der Waals surface area contributed by atoms with E-state index in [4.69, 9.17) is 0 Å². The predicted molar refractivity (Wildman–Crippen MR) is 129 cm³/mol. The van der Waals surface area contributed by atoms with Crippen molar-refractivity contribution in [1.29, 1.82) is 0 Å². The molecule has 1 aromatic heterocycles. The number of para-hydroxylation sites is 1. The Morgan fingerprint density at radius 2 is 1.69 bits per heavy atom. The van der Waals surface area contributed by atoms with Crippen LogP contribution in [0, 0.1) is 0 Å². The van der Waals surface area contributed by atoms with Gasteiger partial charge in [0.25, 0.3) is 0 Å². The number of aliphatic imine (C=N–C) groups is 1. The first kappa shape index (κ1) is 21.6. The largest absolute Gasteiger partial charge is 0.467 e. The molecule has 6 heteroatoms. The summed E-state index contributed by atoms with van der Waals surface area (Å²) in [5.41, 5.74) is 5.74. The highest BCUT2D eigenvalue weighted by Gasteiger charge is 2.18. The third kappa shape index (κ3) is 4.83. The van der Waals surface area contributed by atoms with E-state index in [-0.39, 0.29) is 0 Å². The van der Waals surface area contributed by atoms with Crippen LogP contribution in [0.15, 0.2) is 90.1 Å². The second-order valence-electron chi connectivity index (χ2n) is 7.26. The molecule has 1 heterocycles. The molecule has 4 rings (SSSR count). The van der Waals surface area contributed by atoms with Gasteiger partial charge in [-0.15, -0.1) is 0 Å². The fourth-order valence-corrected chi connectivity index (χ4v) is 4.54. The van der Waals surface area contributed by atoms with Crippen molar-refractivity contribution in [1.82, 2.24) is 4.57 Å². The van der Waals surface area contributed by atoms with E-state index < -0.39 is 12.0 Å². The molecule has 0 N–H and O–H groups in total. The van der Waals surface area contributed by atoms with Gasteiger partial charge in [-0.3, -0.25) is 0 Å². The number of esters is 1. The van der Waals surface area contributed by atoms with Crippen molar-refractivity contribution < 1.29 is 14.3 Å². The van der Waals surface area contributed by atoms with Crippen LogP contribution in [0.2, 0.25) is 0 Å². The zero-order chi connectivity index (χ0) is 22.3. The molecule has 0 amide bonds. The first-order valence-corrected chi connectivity index (χ1v) is 11.3. The Balaban J connectivity index is 1.41. The molecule has 0 bridgehead atoms. The van der Waals surface area contributed by atoms with Gasteiger partial charge in [-0.25, -0.2) is 9.59 Å². The number of hydrogen-bond acceptors (Lipinski definition) is 5. The summed E-state index contributed by atoms with van der Waals surface area (Å²) in [6.45, 7) is 0. The lowest BCUT2D eigenvalue weighted by Crippen LogP contribution is -2.22. The number of methoxy groups -OCH3 is 1. The summed E-state index contributed by atoms with van der Waals surface area (Å²) < 4.78 is 6.85. The Hall–Kier alpha value is -3.60. The minimum atomic E-state index is -0.808. The Morgan fingerprint density at radius 3 is 2.38 bits per heavy atom. The summed E-state index contributed by atoms with van der Waals surface area (Å²) in [5.74, 6) is 0.564. The molecule has 0 saturated heterocycles. The second kappa shape index (κ2) is 10.1. The van der Waals surface area contributed by atoms with Crippen LogP contribution in [-0.2, 0) is 20.1 Å². The maximum atomic E-state index is 11.6. The summed E-state index contributed by atoms with van der Waals surface area (Å²) >= 11 is 1.52. The maximum Gasteiger partial charge on any atom is 0.332 e. The molecule has 5 nitrogen and oxygen atoms in total. The Morgan fingerprint density at radius 1 is 1.00 bits per heavy atom. The summed E-state index contributed by atoms with van der Waals surface area (Å²) in [6.07, 6.45) is 3.53. The Kier molecular flexibility index (Phi) is 6.85. The van der Waals surface area contributed by atoms with Crippen LogP contribution in [0.3, 0.4) is 0 Å². The van der Waals surface area contributed by atoms with Gasteiger partial charge in [0.2, 0.25) is 6.08 Å². The zero-order valence-corrected chi connectivity index (χ0v) is 18.4. The van der Waals surface area contributed by atoms with Gasteiger partial charge in [0.1, 0.15) is 0 Å². The van der Waals surface area contributed by atoms with Gasteiger partial charge in [0.05, 0.1) is 12.6 Å². The standard InChI is InChI=1S/C26H22N2O3S/c1-31-26(30)24(27-18-29)17-32-16-19-6-8-20(9-7-19)21-10-12-23(13-11-21)28-15-14-22-4-2-3-5-25(22)28/h2-15,24H,16-17H2,1H3. The molecule has 160 valence electrons. The van der Waals surface area contributed by atoms with Crippen LogP contribution >= 0.6 is 11.8 Å². The molecule has 0 fully saturated rings. The normalized spacial score (nSPS) is 11.7. The van der Waals surface area contributed by atoms with Crippen LogP contribution in [0.4, 0.5) is 0 Å². The van der Waals surface area contributed by atoms with E-state index in [0.717, 1.165) is 22.4 Å². The number of benzene rings is 3. The van der Waals surface area contributed by atoms with Crippen LogP contribution in [-0.4, -0.2) is 35.5 Å². The number of aromatic nitrogens is 1. The monoisotopic (exact) mass is 442 g/mol. The highest BCUT2D eigenvalue weighted by atomic mass is 32.2. The van der Waals surface area contributed by atoms with Crippen LogP contribution < -0.4 is 0 Å². The topological polar surface area (TPSA) is 60.7 Å². The van der Waals surface area contributed by atoms with Gasteiger partial charge in [-0.1, -0.05) is 54.6 Å².